The minimum atomic E-state index is -0.142. The number of benzene rings is 2. The zero-order valence-corrected chi connectivity index (χ0v) is 15.9. The van der Waals surface area contributed by atoms with Crippen molar-refractivity contribution in [3.8, 4) is 11.5 Å². The van der Waals surface area contributed by atoms with Crippen LogP contribution in [0.15, 0.2) is 42.5 Å². The van der Waals surface area contributed by atoms with E-state index in [0.717, 1.165) is 38.4 Å². The quantitative estimate of drug-likeness (QED) is 0.811. The maximum atomic E-state index is 12.6. The van der Waals surface area contributed by atoms with Gasteiger partial charge in [0.15, 0.2) is 11.5 Å². The van der Waals surface area contributed by atoms with Crippen molar-refractivity contribution in [1.29, 1.82) is 0 Å². The summed E-state index contributed by atoms with van der Waals surface area (Å²) in [4.78, 5) is 14.9. The second-order valence-corrected chi connectivity index (χ2v) is 6.41. The molecule has 0 saturated carbocycles. The molecule has 3 rings (SSSR count). The highest BCUT2D eigenvalue weighted by atomic mass is 16.5. The average molecular weight is 370 g/mol. The van der Waals surface area contributed by atoms with Crippen LogP contribution >= 0.6 is 0 Å². The number of morpholine rings is 1. The summed E-state index contributed by atoms with van der Waals surface area (Å²) in [5, 5.41) is 3.00. The van der Waals surface area contributed by atoms with Crippen LogP contribution in [0.1, 0.15) is 21.5 Å². The van der Waals surface area contributed by atoms with E-state index >= 15 is 0 Å². The number of nitrogens with zero attached hydrogens (tertiary/aromatic N) is 1. The Hall–Kier alpha value is -2.57. The largest absolute Gasteiger partial charge is 0.493 e. The summed E-state index contributed by atoms with van der Waals surface area (Å²) in [6.45, 7) is 4.77. The van der Waals surface area contributed by atoms with E-state index in [0.29, 0.717) is 23.6 Å². The molecule has 6 heteroatoms. The van der Waals surface area contributed by atoms with Crippen molar-refractivity contribution in [1.82, 2.24) is 10.2 Å². The summed E-state index contributed by atoms with van der Waals surface area (Å²) in [7, 11) is 3.13. The van der Waals surface area contributed by atoms with Crippen LogP contribution in [0, 0.1) is 0 Å². The number of ether oxygens (including phenoxy) is 3. The zero-order valence-electron chi connectivity index (χ0n) is 15.9. The van der Waals surface area contributed by atoms with Crippen LogP contribution in [0.4, 0.5) is 0 Å². The molecule has 1 aliphatic heterocycles. The first-order chi connectivity index (χ1) is 13.2. The Morgan fingerprint density at radius 2 is 1.74 bits per heavy atom. The van der Waals surface area contributed by atoms with Crippen molar-refractivity contribution in [2.75, 3.05) is 40.5 Å². The fourth-order valence-electron chi connectivity index (χ4n) is 3.14. The molecule has 144 valence electrons. The molecule has 1 heterocycles. The van der Waals surface area contributed by atoms with Crippen LogP contribution in [0.2, 0.25) is 0 Å². The van der Waals surface area contributed by atoms with E-state index in [9.17, 15) is 4.79 Å². The van der Waals surface area contributed by atoms with Crippen LogP contribution in [-0.2, 0) is 17.8 Å². The van der Waals surface area contributed by atoms with Gasteiger partial charge in [-0.15, -0.1) is 0 Å². The number of methoxy groups -OCH3 is 2. The second-order valence-electron chi connectivity index (χ2n) is 6.41. The van der Waals surface area contributed by atoms with Crippen molar-refractivity contribution in [2.45, 2.75) is 13.1 Å². The second kappa shape index (κ2) is 9.39. The smallest absolute Gasteiger partial charge is 0.251 e. The fraction of sp³-hybridized carbons (Fsp3) is 0.381. The average Bonchev–Trinajstić information content (AvgIpc) is 2.73. The lowest BCUT2D eigenvalue weighted by Gasteiger charge is -2.27. The zero-order chi connectivity index (χ0) is 19.1. The summed E-state index contributed by atoms with van der Waals surface area (Å²) < 4.78 is 15.9. The maximum Gasteiger partial charge on any atom is 0.251 e. The van der Waals surface area contributed by atoms with Crippen molar-refractivity contribution < 1.29 is 19.0 Å². The Morgan fingerprint density at radius 1 is 1.04 bits per heavy atom. The first kappa shape index (κ1) is 19.2. The molecule has 0 atom stereocenters. The summed E-state index contributed by atoms with van der Waals surface area (Å²) in [5.41, 5.74) is 2.89. The van der Waals surface area contributed by atoms with Gasteiger partial charge < -0.3 is 19.5 Å². The Kier molecular flexibility index (Phi) is 6.68. The third kappa shape index (κ3) is 4.99. The Labute approximate surface area is 160 Å². The highest BCUT2D eigenvalue weighted by Gasteiger charge is 2.14. The molecule has 1 amide bonds. The summed E-state index contributed by atoms with van der Waals surface area (Å²) in [6.07, 6.45) is 0. The Morgan fingerprint density at radius 3 is 2.44 bits per heavy atom. The van der Waals surface area contributed by atoms with Crippen LogP contribution < -0.4 is 14.8 Å². The molecule has 2 aromatic rings. The number of nitrogens with one attached hydrogen (secondary N) is 1. The Balaban J connectivity index is 1.65. The van der Waals surface area contributed by atoms with Gasteiger partial charge in [0.2, 0.25) is 0 Å². The minimum absolute atomic E-state index is 0.142. The van der Waals surface area contributed by atoms with E-state index in [-0.39, 0.29) is 5.91 Å². The first-order valence-electron chi connectivity index (χ1n) is 9.08. The third-order valence-corrected chi connectivity index (χ3v) is 4.70. The van der Waals surface area contributed by atoms with Crippen LogP contribution in [0.25, 0.3) is 0 Å². The van der Waals surface area contributed by atoms with Crippen molar-refractivity contribution in [3.63, 3.8) is 0 Å². The lowest BCUT2D eigenvalue weighted by Crippen LogP contribution is -2.36. The van der Waals surface area contributed by atoms with E-state index in [1.807, 2.05) is 12.1 Å². The van der Waals surface area contributed by atoms with Crippen molar-refractivity contribution >= 4 is 5.91 Å². The standard InChI is InChI=1S/C21H26N2O4/c1-25-19-8-7-16(13-20(19)26-2)21(24)22-14-17-5-3-4-6-18(17)15-23-9-11-27-12-10-23/h3-8,13H,9-12,14-15H2,1-2H3,(H,22,24). The molecular weight excluding hydrogens is 344 g/mol. The number of hydrogen-bond donors (Lipinski definition) is 1. The SMILES string of the molecule is COc1ccc(C(=O)NCc2ccccc2CN2CCOCC2)cc1OC. The molecule has 27 heavy (non-hydrogen) atoms. The van der Waals surface area contributed by atoms with Gasteiger partial charge in [-0.25, -0.2) is 0 Å². The van der Waals surface area contributed by atoms with E-state index in [1.165, 1.54) is 5.56 Å². The van der Waals surface area contributed by atoms with Crippen molar-refractivity contribution in [2.24, 2.45) is 0 Å². The molecule has 6 nitrogen and oxygen atoms in total. The molecule has 1 saturated heterocycles. The molecule has 2 aromatic carbocycles. The van der Waals surface area contributed by atoms with Gasteiger partial charge in [0, 0.05) is 31.7 Å². The summed E-state index contributed by atoms with van der Waals surface area (Å²) >= 11 is 0. The highest BCUT2D eigenvalue weighted by Crippen LogP contribution is 2.27. The summed E-state index contributed by atoms with van der Waals surface area (Å²) in [5.74, 6) is 1.000. The number of carbonyl (C=O) groups is 1. The molecule has 0 aromatic heterocycles. The van der Waals surface area contributed by atoms with Gasteiger partial charge in [0.05, 0.1) is 27.4 Å². The molecule has 0 unspecified atom stereocenters. The number of carbonyl (C=O) groups excluding carboxylic acids is 1. The van der Waals surface area contributed by atoms with Gasteiger partial charge in [0.1, 0.15) is 0 Å². The molecule has 1 aliphatic rings. The maximum absolute atomic E-state index is 12.6. The van der Waals surface area contributed by atoms with Crippen LogP contribution in [-0.4, -0.2) is 51.3 Å². The monoisotopic (exact) mass is 370 g/mol. The summed E-state index contributed by atoms with van der Waals surface area (Å²) in [6, 6.07) is 13.4. The third-order valence-electron chi connectivity index (χ3n) is 4.70. The van der Waals surface area contributed by atoms with Gasteiger partial charge in [-0.05, 0) is 29.3 Å². The molecule has 1 N–H and O–H groups in total. The van der Waals surface area contributed by atoms with E-state index in [4.69, 9.17) is 14.2 Å². The predicted molar refractivity (Wildman–Crippen MR) is 103 cm³/mol. The first-order valence-corrected chi connectivity index (χ1v) is 9.08. The topological polar surface area (TPSA) is 60.0 Å². The molecule has 0 aliphatic carbocycles. The van der Waals surface area contributed by atoms with E-state index < -0.39 is 0 Å². The number of amides is 1. The normalized spacial score (nSPS) is 14.6. The Bertz CT molecular complexity index is 773. The minimum Gasteiger partial charge on any atom is -0.493 e. The molecular formula is C21H26N2O4. The predicted octanol–water partition coefficient (Wildman–Crippen LogP) is 2.47. The highest BCUT2D eigenvalue weighted by molar-refractivity contribution is 5.94. The van der Waals surface area contributed by atoms with E-state index in [1.54, 1.807) is 32.4 Å². The van der Waals surface area contributed by atoms with Gasteiger partial charge in [-0.1, -0.05) is 24.3 Å². The van der Waals surface area contributed by atoms with Gasteiger partial charge in [-0.3, -0.25) is 9.69 Å². The fourth-order valence-corrected chi connectivity index (χ4v) is 3.14. The van der Waals surface area contributed by atoms with Crippen LogP contribution in [0.3, 0.4) is 0 Å². The lowest BCUT2D eigenvalue weighted by molar-refractivity contribution is 0.0340. The van der Waals surface area contributed by atoms with Gasteiger partial charge in [-0.2, -0.15) is 0 Å². The number of rotatable bonds is 7. The van der Waals surface area contributed by atoms with Gasteiger partial charge >= 0.3 is 0 Å². The van der Waals surface area contributed by atoms with Crippen molar-refractivity contribution in [3.05, 3.63) is 59.2 Å². The lowest BCUT2D eigenvalue weighted by atomic mass is 10.1. The molecule has 1 fully saturated rings. The number of hydrogen-bond acceptors (Lipinski definition) is 5. The molecule has 0 bridgehead atoms. The van der Waals surface area contributed by atoms with Gasteiger partial charge in [0.25, 0.3) is 5.91 Å². The van der Waals surface area contributed by atoms with Crippen LogP contribution in [0.5, 0.6) is 11.5 Å². The molecule has 0 radical (unpaired) electrons. The molecule has 0 spiro atoms. The van der Waals surface area contributed by atoms with E-state index in [2.05, 4.69) is 22.3 Å².